The Morgan fingerprint density at radius 2 is 2.11 bits per heavy atom. The van der Waals surface area contributed by atoms with Crippen LogP contribution in [-0.2, 0) is 9.57 Å². The number of oxime groups is 1. The van der Waals surface area contributed by atoms with Gasteiger partial charge in [0.25, 0.3) is 0 Å². The lowest BCUT2D eigenvalue weighted by molar-refractivity contribution is -0.0189. The van der Waals surface area contributed by atoms with Gasteiger partial charge in [-0.2, -0.15) is 0 Å². The van der Waals surface area contributed by atoms with Gasteiger partial charge in [-0.15, -0.1) is 0 Å². The first kappa shape index (κ1) is 15.5. The number of benzene rings is 1. The molecule has 1 N–H and O–H groups in total. The van der Waals surface area contributed by atoms with Gasteiger partial charge in [0.05, 0.1) is 11.3 Å². The molecule has 0 saturated carbocycles. The van der Waals surface area contributed by atoms with Crippen LogP contribution in [0.25, 0.3) is 0 Å². The van der Waals surface area contributed by atoms with E-state index in [2.05, 4.69) is 5.16 Å². The molecule has 0 unspecified atom stereocenters. The van der Waals surface area contributed by atoms with Crippen molar-refractivity contribution >= 4 is 5.71 Å². The van der Waals surface area contributed by atoms with Crippen molar-refractivity contribution in [3.05, 3.63) is 29.8 Å². The van der Waals surface area contributed by atoms with Crippen molar-refractivity contribution in [2.75, 3.05) is 20.5 Å². The first-order valence-electron chi connectivity index (χ1n) is 6.03. The Morgan fingerprint density at radius 3 is 2.74 bits per heavy atom. The molecule has 0 amide bonds. The van der Waals surface area contributed by atoms with Crippen LogP contribution in [0.15, 0.2) is 29.4 Å². The predicted octanol–water partition coefficient (Wildman–Crippen LogP) is 2.18. The minimum absolute atomic E-state index is 0.143. The fourth-order valence-corrected chi connectivity index (χ4v) is 1.28. The first-order valence-corrected chi connectivity index (χ1v) is 6.03. The fourth-order valence-electron chi connectivity index (χ4n) is 1.28. The molecule has 0 aromatic heterocycles. The zero-order valence-corrected chi connectivity index (χ0v) is 11.8. The van der Waals surface area contributed by atoms with Crippen LogP contribution >= 0.6 is 0 Å². The number of methoxy groups -OCH3 is 1. The molecule has 0 aliphatic carbocycles. The van der Waals surface area contributed by atoms with E-state index in [0.717, 1.165) is 5.56 Å². The molecule has 0 heterocycles. The van der Waals surface area contributed by atoms with Crippen molar-refractivity contribution < 1.29 is 19.4 Å². The zero-order chi connectivity index (χ0) is 14.3. The molecule has 106 valence electrons. The van der Waals surface area contributed by atoms with Crippen molar-refractivity contribution in [1.82, 2.24) is 0 Å². The van der Waals surface area contributed by atoms with E-state index >= 15 is 0 Å². The highest BCUT2D eigenvalue weighted by Gasteiger charge is 2.13. The number of ether oxygens (including phenoxy) is 2. The Bertz CT molecular complexity index is 424. The summed E-state index contributed by atoms with van der Waals surface area (Å²) >= 11 is 0. The number of aliphatic hydroxyl groups is 1. The summed E-state index contributed by atoms with van der Waals surface area (Å²) in [7, 11) is 1.57. The maximum absolute atomic E-state index is 9.51. The van der Waals surface area contributed by atoms with Crippen LogP contribution in [-0.4, -0.2) is 36.9 Å². The van der Waals surface area contributed by atoms with Crippen molar-refractivity contribution in [3.8, 4) is 5.75 Å². The normalized spacial score (nSPS) is 12.4. The lowest BCUT2D eigenvalue weighted by Crippen LogP contribution is -2.25. The third-order valence-electron chi connectivity index (χ3n) is 2.21. The van der Waals surface area contributed by atoms with Gasteiger partial charge in [-0.3, -0.25) is 0 Å². The molecule has 0 spiro atoms. The minimum Gasteiger partial charge on any atom is -0.468 e. The van der Waals surface area contributed by atoms with Crippen molar-refractivity contribution in [1.29, 1.82) is 0 Å². The summed E-state index contributed by atoms with van der Waals surface area (Å²) in [6.45, 7) is 5.51. The molecule has 19 heavy (non-hydrogen) atoms. The van der Waals surface area contributed by atoms with Gasteiger partial charge in [0.15, 0.2) is 6.79 Å². The van der Waals surface area contributed by atoms with E-state index in [-0.39, 0.29) is 13.4 Å². The van der Waals surface area contributed by atoms with Gasteiger partial charge in [0.1, 0.15) is 12.4 Å². The Labute approximate surface area is 113 Å². The zero-order valence-electron chi connectivity index (χ0n) is 11.8. The highest BCUT2D eigenvalue weighted by molar-refractivity contribution is 5.98. The van der Waals surface area contributed by atoms with Crippen LogP contribution in [0.5, 0.6) is 5.75 Å². The fraction of sp³-hybridized carbons (Fsp3) is 0.500. The highest BCUT2D eigenvalue weighted by atomic mass is 16.7. The average Bonchev–Trinajstić information content (AvgIpc) is 2.35. The summed E-state index contributed by atoms with van der Waals surface area (Å²) in [5, 5.41) is 13.5. The standard InChI is InChI=1S/C14H21NO4/c1-11(15-19-9-14(2,3)16)12-6-5-7-13(8-12)18-10-17-4/h5-8,16H,9-10H2,1-4H3. The summed E-state index contributed by atoms with van der Waals surface area (Å²) in [4.78, 5) is 5.11. The third-order valence-corrected chi connectivity index (χ3v) is 2.21. The van der Waals surface area contributed by atoms with E-state index in [1.54, 1.807) is 21.0 Å². The van der Waals surface area contributed by atoms with Crippen molar-refractivity contribution in [2.45, 2.75) is 26.4 Å². The molecule has 0 bridgehead atoms. The molecular weight excluding hydrogens is 246 g/mol. The molecule has 0 aliphatic rings. The Balaban J connectivity index is 2.65. The maximum atomic E-state index is 9.51. The summed E-state index contributed by atoms with van der Waals surface area (Å²) in [5.74, 6) is 0.705. The van der Waals surface area contributed by atoms with Gasteiger partial charge in [0, 0.05) is 12.7 Å². The van der Waals surface area contributed by atoms with E-state index in [4.69, 9.17) is 14.3 Å². The second-order valence-electron chi connectivity index (χ2n) is 4.84. The second-order valence-corrected chi connectivity index (χ2v) is 4.84. The monoisotopic (exact) mass is 267 g/mol. The van der Waals surface area contributed by atoms with E-state index in [1.165, 1.54) is 0 Å². The van der Waals surface area contributed by atoms with Gasteiger partial charge < -0.3 is 19.4 Å². The van der Waals surface area contributed by atoms with Crippen LogP contribution < -0.4 is 4.74 Å². The summed E-state index contributed by atoms with van der Waals surface area (Å²) in [6.07, 6.45) is 0. The summed E-state index contributed by atoms with van der Waals surface area (Å²) < 4.78 is 10.2. The lowest BCUT2D eigenvalue weighted by Gasteiger charge is -2.14. The Kier molecular flexibility index (Phi) is 5.79. The van der Waals surface area contributed by atoms with E-state index < -0.39 is 5.60 Å². The smallest absolute Gasteiger partial charge is 0.188 e. The molecule has 1 rings (SSSR count). The maximum Gasteiger partial charge on any atom is 0.188 e. The molecule has 0 aliphatic heterocycles. The third kappa shape index (κ3) is 6.22. The van der Waals surface area contributed by atoms with Crippen LogP contribution in [0.3, 0.4) is 0 Å². The molecule has 5 nitrogen and oxygen atoms in total. The topological polar surface area (TPSA) is 60.3 Å². The van der Waals surface area contributed by atoms with E-state index in [0.29, 0.717) is 11.5 Å². The molecule has 5 heteroatoms. The van der Waals surface area contributed by atoms with Crippen LogP contribution in [0.1, 0.15) is 26.3 Å². The molecule has 1 aromatic carbocycles. The Morgan fingerprint density at radius 1 is 1.37 bits per heavy atom. The van der Waals surface area contributed by atoms with Gasteiger partial charge in [-0.05, 0) is 32.9 Å². The number of hydrogen-bond acceptors (Lipinski definition) is 5. The van der Waals surface area contributed by atoms with Gasteiger partial charge >= 0.3 is 0 Å². The largest absolute Gasteiger partial charge is 0.468 e. The summed E-state index contributed by atoms with van der Waals surface area (Å²) in [6, 6.07) is 7.47. The van der Waals surface area contributed by atoms with Crippen LogP contribution in [0.4, 0.5) is 0 Å². The highest BCUT2D eigenvalue weighted by Crippen LogP contribution is 2.14. The van der Waals surface area contributed by atoms with Gasteiger partial charge in [0.2, 0.25) is 0 Å². The molecule has 0 saturated heterocycles. The average molecular weight is 267 g/mol. The number of rotatable bonds is 7. The molecule has 1 aromatic rings. The van der Waals surface area contributed by atoms with Crippen LogP contribution in [0.2, 0.25) is 0 Å². The first-order chi connectivity index (χ1) is 8.92. The van der Waals surface area contributed by atoms with Crippen LogP contribution in [0, 0.1) is 0 Å². The summed E-state index contributed by atoms with van der Waals surface area (Å²) in [5.41, 5.74) is 0.712. The van der Waals surface area contributed by atoms with E-state index in [1.807, 2.05) is 31.2 Å². The predicted molar refractivity (Wildman–Crippen MR) is 73.4 cm³/mol. The lowest BCUT2D eigenvalue weighted by atomic mass is 10.1. The van der Waals surface area contributed by atoms with Crippen molar-refractivity contribution in [2.24, 2.45) is 5.16 Å². The quantitative estimate of drug-likeness (QED) is 0.467. The minimum atomic E-state index is -0.896. The number of hydrogen-bond donors (Lipinski definition) is 1. The molecule has 0 fully saturated rings. The van der Waals surface area contributed by atoms with Crippen molar-refractivity contribution in [3.63, 3.8) is 0 Å². The molecule has 0 atom stereocenters. The molecular formula is C14H21NO4. The van der Waals surface area contributed by atoms with Gasteiger partial charge in [-0.25, -0.2) is 0 Å². The Hall–Kier alpha value is -1.59. The van der Waals surface area contributed by atoms with Gasteiger partial charge in [-0.1, -0.05) is 17.3 Å². The second kappa shape index (κ2) is 7.11. The number of nitrogens with zero attached hydrogens (tertiary/aromatic N) is 1. The van der Waals surface area contributed by atoms with E-state index in [9.17, 15) is 5.11 Å². The molecule has 0 radical (unpaired) electrons. The SMILES string of the molecule is COCOc1cccc(C(C)=NOCC(C)(C)O)c1.